The maximum absolute atomic E-state index is 12.2. The molecule has 1 amide bonds. The molecule has 0 fully saturated rings. The Morgan fingerprint density at radius 1 is 1.25 bits per heavy atom. The van der Waals surface area contributed by atoms with Crippen LogP contribution in [0.15, 0.2) is 36.4 Å². The van der Waals surface area contributed by atoms with Gasteiger partial charge in [-0.15, -0.1) is 0 Å². The van der Waals surface area contributed by atoms with Crippen LogP contribution in [-0.4, -0.2) is 13.0 Å². The van der Waals surface area contributed by atoms with Crippen LogP contribution in [0, 0.1) is 6.92 Å². The first-order chi connectivity index (χ1) is 9.51. The molecule has 5 heteroatoms. The van der Waals surface area contributed by atoms with Crippen molar-refractivity contribution in [1.82, 2.24) is 0 Å². The SMILES string of the molecule is COc1cc(C(=O)Nc2cc(C)ccc2Cl)ccc1N. The number of carbonyl (C=O) groups excluding carboxylic acids is 1. The van der Waals surface area contributed by atoms with E-state index < -0.39 is 0 Å². The van der Waals surface area contributed by atoms with Crippen molar-refractivity contribution in [2.45, 2.75) is 6.92 Å². The Labute approximate surface area is 122 Å². The number of rotatable bonds is 3. The molecule has 2 aromatic rings. The van der Waals surface area contributed by atoms with Gasteiger partial charge in [0.15, 0.2) is 0 Å². The lowest BCUT2D eigenvalue weighted by molar-refractivity contribution is 0.102. The average molecular weight is 291 g/mol. The molecular formula is C15H15ClN2O2. The Morgan fingerprint density at radius 2 is 2.00 bits per heavy atom. The molecule has 0 saturated heterocycles. The van der Waals surface area contributed by atoms with Crippen LogP contribution in [0.2, 0.25) is 5.02 Å². The molecular weight excluding hydrogens is 276 g/mol. The van der Waals surface area contributed by atoms with Gasteiger partial charge in [-0.2, -0.15) is 0 Å². The molecule has 0 heterocycles. The number of anilines is 2. The fraction of sp³-hybridized carbons (Fsp3) is 0.133. The number of carbonyl (C=O) groups is 1. The first-order valence-electron chi connectivity index (χ1n) is 6.02. The maximum Gasteiger partial charge on any atom is 0.255 e. The molecule has 4 nitrogen and oxygen atoms in total. The molecule has 0 unspecified atom stereocenters. The summed E-state index contributed by atoms with van der Waals surface area (Å²) in [6.07, 6.45) is 0. The van der Waals surface area contributed by atoms with E-state index in [1.165, 1.54) is 7.11 Å². The lowest BCUT2D eigenvalue weighted by Gasteiger charge is -2.10. The predicted octanol–water partition coefficient (Wildman–Crippen LogP) is 3.49. The molecule has 0 aromatic heterocycles. The zero-order valence-corrected chi connectivity index (χ0v) is 12.0. The lowest BCUT2D eigenvalue weighted by atomic mass is 10.1. The monoisotopic (exact) mass is 290 g/mol. The van der Waals surface area contributed by atoms with E-state index in [9.17, 15) is 4.79 Å². The molecule has 104 valence electrons. The van der Waals surface area contributed by atoms with Gasteiger partial charge in [0.05, 0.1) is 23.5 Å². The van der Waals surface area contributed by atoms with Gasteiger partial charge in [-0.1, -0.05) is 17.7 Å². The summed E-state index contributed by atoms with van der Waals surface area (Å²) >= 11 is 6.05. The molecule has 0 atom stereocenters. The highest BCUT2D eigenvalue weighted by molar-refractivity contribution is 6.34. The van der Waals surface area contributed by atoms with E-state index in [2.05, 4.69) is 5.32 Å². The minimum absolute atomic E-state index is 0.268. The predicted molar refractivity (Wildman–Crippen MR) is 81.5 cm³/mol. The van der Waals surface area contributed by atoms with Gasteiger partial charge in [0.2, 0.25) is 0 Å². The summed E-state index contributed by atoms with van der Waals surface area (Å²) in [6.45, 7) is 1.93. The second-order valence-electron chi connectivity index (χ2n) is 4.39. The molecule has 2 aromatic carbocycles. The summed E-state index contributed by atoms with van der Waals surface area (Å²) < 4.78 is 5.10. The van der Waals surface area contributed by atoms with Gasteiger partial charge < -0.3 is 15.8 Å². The largest absolute Gasteiger partial charge is 0.495 e. The van der Waals surface area contributed by atoms with Crippen LogP contribution in [-0.2, 0) is 0 Å². The minimum Gasteiger partial charge on any atom is -0.495 e. The van der Waals surface area contributed by atoms with Crippen LogP contribution in [0.5, 0.6) is 5.75 Å². The summed E-state index contributed by atoms with van der Waals surface area (Å²) in [5.41, 5.74) is 8.25. The van der Waals surface area contributed by atoms with E-state index in [-0.39, 0.29) is 5.91 Å². The fourth-order valence-corrected chi connectivity index (χ4v) is 1.95. The van der Waals surface area contributed by atoms with Crippen molar-refractivity contribution < 1.29 is 9.53 Å². The van der Waals surface area contributed by atoms with Crippen molar-refractivity contribution >= 4 is 28.9 Å². The zero-order valence-electron chi connectivity index (χ0n) is 11.2. The molecule has 0 aliphatic carbocycles. The highest BCUT2D eigenvalue weighted by Gasteiger charge is 2.11. The van der Waals surface area contributed by atoms with Gasteiger partial charge in [-0.05, 0) is 42.8 Å². The number of halogens is 1. The number of nitrogens with two attached hydrogens (primary N) is 1. The normalized spacial score (nSPS) is 10.2. The van der Waals surface area contributed by atoms with E-state index in [4.69, 9.17) is 22.1 Å². The summed E-state index contributed by atoms with van der Waals surface area (Å²) in [5.74, 6) is 0.198. The Bertz CT molecular complexity index is 656. The van der Waals surface area contributed by atoms with E-state index in [0.29, 0.717) is 27.7 Å². The number of nitrogen functional groups attached to an aromatic ring is 1. The van der Waals surface area contributed by atoms with Crippen LogP contribution >= 0.6 is 11.6 Å². The molecule has 20 heavy (non-hydrogen) atoms. The van der Waals surface area contributed by atoms with E-state index in [0.717, 1.165) is 5.56 Å². The first-order valence-corrected chi connectivity index (χ1v) is 6.40. The molecule has 0 aliphatic heterocycles. The first kappa shape index (κ1) is 14.2. The lowest BCUT2D eigenvalue weighted by Crippen LogP contribution is -2.12. The molecule has 0 spiro atoms. The van der Waals surface area contributed by atoms with Gasteiger partial charge in [0.1, 0.15) is 5.75 Å². The highest BCUT2D eigenvalue weighted by atomic mass is 35.5. The number of aryl methyl sites for hydroxylation is 1. The van der Waals surface area contributed by atoms with Gasteiger partial charge in [0, 0.05) is 5.56 Å². The number of ether oxygens (including phenoxy) is 1. The van der Waals surface area contributed by atoms with Crippen LogP contribution in [0.4, 0.5) is 11.4 Å². The second kappa shape index (κ2) is 5.84. The number of hydrogen-bond donors (Lipinski definition) is 2. The third-order valence-corrected chi connectivity index (χ3v) is 3.20. The Hall–Kier alpha value is -2.20. The van der Waals surface area contributed by atoms with Crippen molar-refractivity contribution in [2.24, 2.45) is 0 Å². The quantitative estimate of drug-likeness (QED) is 0.851. The number of hydrogen-bond acceptors (Lipinski definition) is 3. The number of nitrogens with one attached hydrogen (secondary N) is 1. The summed E-state index contributed by atoms with van der Waals surface area (Å²) in [5, 5.41) is 3.26. The van der Waals surface area contributed by atoms with E-state index in [1.54, 1.807) is 24.3 Å². The minimum atomic E-state index is -0.268. The fourth-order valence-electron chi connectivity index (χ4n) is 1.78. The third kappa shape index (κ3) is 3.03. The Morgan fingerprint density at radius 3 is 2.70 bits per heavy atom. The summed E-state index contributed by atoms with van der Waals surface area (Å²) in [6, 6.07) is 10.3. The van der Waals surface area contributed by atoms with Crippen molar-refractivity contribution in [3.8, 4) is 5.75 Å². The van der Waals surface area contributed by atoms with Gasteiger partial charge >= 0.3 is 0 Å². The molecule has 2 rings (SSSR count). The standard InChI is InChI=1S/C15H15ClN2O2/c1-9-3-5-11(16)13(7-9)18-15(19)10-4-6-12(17)14(8-10)20-2/h3-8H,17H2,1-2H3,(H,18,19). The topological polar surface area (TPSA) is 64.3 Å². The van der Waals surface area contributed by atoms with Crippen LogP contribution < -0.4 is 15.8 Å². The third-order valence-electron chi connectivity index (χ3n) is 2.87. The molecule has 3 N–H and O–H groups in total. The molecule has 0 bridgehead atoms. The van der Waals surface area contributed by atoms with Crippen molar-refractivity contribution in [3.05, 3.63) is 52.5 Å². The van der Waals surface area contributed by atoms with Crippen molar-refractivity contribution in [2.75, 3.05) is 18.2 Å². The zero-order chi connectivity index (χ0) is 14.7. The summed E-state index contributed by atoms with van der Waals surface area (Å²) in [4.78, 5) is 12.2. The smallest absolute Gasteiger partial charge is 0.255 e. The Kier molecular flexibility index (Phi) is 4.15. The highest BCUT2D eigenvalue weighted by Crippen LogP contribution is 2.25. The average Bonchev–Trinajstić information content (AvgIpc) is 2.43. The Balaban J connectivity index is 2.26. The molecule has 0 saturated carbocycles. The van der Waals surface area contributed by atoms with E-state index >= 15 is 0 Å². The summed E-state index contributed by atoms with van der Waals surface area (Å²) in [7, 11) is 1.50. The number of benzene rings is 2. The van der Waals surface area contributed by atoms with Crippen LogP contribution in [0.1, 0.15) is 15.9 Å². The van der Waals surface area contributed by atoms with Gasteiger partial charge in [-0.25, -0.2) is 0 Å². The van der Waals surface area contributed by atoms with Crippen LogP contribution in [0.3, 0.4) is 0 Å². The van der Waals surface area contributed by atoms with Crippen LogP contribution in [0.25, 0.3) is 0 Å². The van der Waals surface area contributed by atoms with E-state index in [1.807, 2.05) is 19.1 Å². The molecule has 0 aliphatic rings. The van der Waals surface area contributed by atoms with Gasteiger partial charge in [-0.3, -0.25) is 4.79 Å². The van der Waals surface area contributed by atoms with Crippen molar-refractivity contribution in [3.63, 3.8) is 0 Å². The van der Waals surface area contributed by atoms with Crippen molar-refractivity contribution in [1.29, 1.82) is 0 Å². The number of amides is 1. The number of methoxy groups -OCH3 is 1. The second-order valence-corrected chi connectivity index (χ2v) is 4.80. The van der Waals surface area contributed by atoms with Gasteiger partial charge in [0.25, 0.3) is 5.91 Å². The maximum atomic E-state index is 12.2. The molecule has 0 radical (unpaired) electrons.